The van der Waals surface area contributed by atoms with Gasteiger partial charge in [0.2, 0.25) is 0 Å². The molecule has 0 aliphatic rings. The molecule has 134 valence electrons. The van der Waals surface area contributed by atoms with Crippen LogP contribution in [0.5, 0.6) is 11.5 Å². The lowest BCUT2D eigenvalue weighted by atomic mass is 10.1. The van der Waals surface area contributed by atoms with Crippen LogP contribution in [0.3, 0.4) is 0 Å². The number of hydrogen-bond donors (Lipinski definition) is 1. The van der Waals surface area contributed by atoms with Crippen LogP contribution in [-0.2, 0) is 4.79 Å². The number of ether oxygens (including phenoxy) is 2. The van der Waals surface area contributed by atoms with Crippen LogP contribution >= 0.6 is 0 Å². The van der Waals surface area contributed by atoms with Crippen LogP contribution in [0.2, 0.25) is 0 Å². The highest BCUT2D eigenvalue weighted by Crippen LogP contribution is 2.27. The Labute approximate surface area is 149 Å². The van der Waals surface area contributed by atoms with Crippen molar-refractivity contribution >= 4 is 5.91 Å². The Morgan fingerprint density at radius 3 is 2.48 bits per heavy atom. The average molecular weight is 342 g/mol. The quantitative estimate of drug-likeness (QED) is 0.801. The average Bonchev–Trinajstić information content (AvgIpc) is 2.61. The number of carbonyl (C=O) groups is 1. The minimum absolute atomic E-state index is 0.0473. The van der Waals surface area contributed by atoms with Gasteiger partial charge < -0.3 is 19.7 Å². The van der Waals surface area contributed by atoms with Crippen molar-refractivity contribution in [2.45, 2.75) is 13.0 Å². The molecule has 0 heterocycles. The van der Waals surface area contributed by atoms with Crippen molar-refractivity contribution in [3.63, 3.8) is 0 Å². The van der Waals surface area contributed by atoms with Crippen LogP contribution < -0.4 is 14.8 Å². The molecule has 1 N–H and O–H groups in total. The number of nitrogens with one attached hydrogen (secondary N) is 1. The summed E-state index contributed by atoms with van der Waals surface area (Å²) in [6, 6.07) is 15.8. The van der Waals surface area contributed by atoms with Crippen LogP contribution in [0.4, 0.5) is 0 Å². The van der Waals surface area contributed by atoms with Crippen molar-refractivity contribution < 1.29 is 14.3 Å². The smallest absolute Gasteiger partial charge is 0.258 e. The summed E-state index contributed by atoms with van der Waals surface area (Å²) in [6.45, 7) is 2.45. The van der Waals surface area contributed by atoms with Gasteiger partial charge in [0.05, 0.1) is 13.2 Å². The van der Waals surface area contributed by atoms with Gasteiger partial charge in [-0.2, -0.15) is 0 Å². The van der Waals surface area contributed by atoms with Gasteiger partial charge >= 0.3 is 0 Å². The lowest BCUT2D eigenvalue weighted by molar-refractivity contribution is -0.123. The summed E-state index contributed by atoms with van der Waals surface area (Å²) < 4.78 is 10.9. The van der Waals surface area contributed by atoms with E-state index in [2.05, 4.69) is 22.3 Å². The van der Waals surface area contributed by atoms with Gasteiger partial charge in [-0.3, -0.25) is 4.79 Å². The number of likely N-dealkylation sites (N-methyl/N-ethyl adjacent to an activating group) is 1. The molecule has 5 heteroatoms. The zero-order valence-electron chi connectivity index (χ0n) is 15.3. The minimum atomic E-state index is -0.162. The molecular weight excluding hydrogens is 316 g/mol. The lowest BCUT2D eigenvalue weighted by Gasteiger charge is -2.25. The Hall–Kier alpha value is -2.53. The fourth-order valence-corrected chi connectivity index (χ4v) is 2.57. The maximum absolute atomic E-state index is 12.1. The first-order chi connectivity index (χ1) is 12.0. The van der Waals surface area contributed by atoms with Crippen molar-refractivity contribution in [3.05, 3.63) is 59.7 Å². The molecule has 0 aliphatic carbocycles. The maximum atomic E-state index is 12.1. The zero-order chi connectivity index (χ0) is 18.2. The summed E-state index contributed by atoms with van der Waals surface area (Å²) in [6.07, 6.45) is 0. The number of methoxy groups -OCH3 is 1. The van der Waals surface area contributed by atoms with Gasteiger partial charge in [-0.15, -0.1) is 0 Å². The number of carbonyl (C=O) groups excluding carboxylic acids is 1. The Morgan fingerprint density at radius 1 is 1.12 bits per heavy atom. The topological polar surface area (TPSA) is 50.8 Å². The molecule has 0 bridgehead atoms. The first-order valence-corrected chi connectivity index (χ1v) is 8.26. The zero-order valence-corrected chi connectivity index (χ0v) is 15.3. The number of nitrogens with zero attached hydrogens (tertiary/aromatic N) is 1. The van der Waals surface area contributed by atoms with E-state index in [0.717, 1.165) is 11.1 Å². The number of hydrogen-bond acceptors (Lipinski definition) is 4. The van der Waals surface area contributed by atoms with Crippen molar-refractivity contribution in [2.24, 2.45) is 0 Å². The Morgan fingerprint density at radius 2 is 1.84 bits per heavy atom. The molecule has 1 unspecified atom stereocenters. The molecule has 2 rings (SSSR count). The Kier molecular flexibility index (Phi) is 6.83. The van der Waals surface area contributed by atoms with E-state index in [1.807, 2.05) is 57.4 Å². The van der Waals surface area contributed by atoms with E-state index < -0.39 is 0 Å². The number of amides is 1. The van der Waals surface area contributed by atoms with Crippen molar-refractivity contribution in [1.29, 1.82) is 0 Å². The van der Waals surface area contributed by atoms with E-state index in [4.69, 9.17) is 9.47 Å². The summed E-state index contributed by atoms with van der Waals surface area (Å²) in [5.74, 6) is 1.03. The predicted molar refractivity (Wildman–Crippen MR) is 99.1 cm³/mol. The van der Waals surface area contributed by atoms with Crippen molar-refractivity contribution in [2.75, 3.05) is 34.4 Å². The SMILES string of the molecule is COc1cc(C)ccc1OCC(=O)NCC(c1ccccc1)N(C)C. The number of rotatable bonds is 8. The first-order valence-electron chi connectivity index (χ1n) is 8.26. The van der Waals surface area contributed by atoms with Gasteiger partial charge in [0.15, 0.2) is 18.1 Å². The molecule has 1 amide bonds. The summed E-state index contributed by atoms with van der Waals surface area (Å²) in [7, 11) is 5.58. The maximum Gasteiger partial charge on any atom is 0.258 e. The van der Waals surface area contributed by atoms with Crippen LogP contribution in [0.25, 0.3) is 0 Å². The molecule has 0 aromatic heterocycles. The van der Waals surface area contributed by atoms with E-state index >= 15 is 0 Å². The van der Waals surface area contributed by atoms with Gasteiger partial charge in [0, 0.05) is 6.54 Å². The fraction of sp³-hybridized carbons (Fsp3) is 0.350. The molecule has 2 aromatic rings. The van der Waals surface area contributed by atoms with Gasteiger partial charge in [-0.05, 0) is 44.3 Å². The largest absolute Gasteiger partial charge is 0.493 e. The van der Waals surface area contributed by atoms with Crippen LogP contribution in [0, 0.1) is 6.92 Å². The van der Waals surface area contributed by atoms with E-state index in [1.165, 1.54) is 0 Å². The fourth-order valence-electron chi connectivity index (χ4n) is 2.57. The first kappa shape index (κ1) is 18.8. The molecule has 0 saturated heterocycles. The summed E-state index contributed by atoms with van der Waals surface area (Å²) in [5, 5.41) is 2.94. The van der Waals surface area contributed by atoms with Crippen LogP contribution in [0.1, 0.15) is 17.2 Å². The van der Waals surface area contributed by atoms with Crippen molar-refractivity contribution in [1.82, 2.24) is 10.2 Å². The third-order valence-corrected chi connectivity index (χ3v) is 3.98. The summed E-state index contributed by atoms with van der Waals surface area (Å²) in [4.78, 5) is 14.2. The van der Waals surface area contributed by atoms with Gasteiger partial charge in [-0.25, -0.2) is 0 Å². The standard InChI is InChI=1S/C20H26N2O3/c1-15-10-11-18(19(12-15)24-4)25-14-20(23)21-13-17(22(2)3)16-8-6-5-7-9-16/h5-12,17H,13-14H2,1-4H3,(H,21,23). The summed E-state index contributed by atoms with van der Waals surface area (Å²) >= 11 is 0. The molecule has 5 nitrogen and oxygen atoms in total. The second-order valence-corrected chi connectivity index (χ2v) is 6.14. The predicted octanol–water partition coefficient (Wildman–Crippen LogP) is 2.80. The van der Waals surface area contributed by atoms with Gasteiger partial charge in [-0.1, -0.05) is 36.4 Å². The number of aryl methyl sites for hydroxylation is 1. The second kappa shape index (κ2) is 9.08. The normalized spacial score (nSPS) is 11.9. The summed E-state index contributed by atoms with van der Waals surface area (Å²) in [5.41, 5.74) is 2.24. The molecule has 0 saturated carbocycles. The molecule has 25 heavy (non-hydrogen) atoms. The highest BCUT2D eigenvalue weighted by molar-refractivity contribution is 5.77. The van der Waals surface area contributed by atoms with Crippen molar-refractivity contribution in [3.8, 4) is 11.5 Å². The Balaban J connectivity index is 1.89. The van der Waals surface area contributed by atoms with E-state index in [0.29, 0.717) is 18.0 Å². The van der Waals surface area contributed by atoms with E-state index in [-0.39, 0.29) is 18.6 Å². The van der Waals surface area contributed by atoms with E-state index in [1.54, 1.807) is 7.11 Å². The highest BCUT2D eigenvalue weighted by atomic mass is 16.5. The van der Waals surface area contributed by atoms with Gasteiger partial charge in [0.1, 0.15) is 0 Å². The minimum Gasteiger partial charge on any atom is -0.493 e. The third kappa shape index (κ3) is 5.50. The molecule has 0 fully saturated rings. The highest BCUT2D eigenvalue weighted by Gasteiger charge is 2.15. The lowest BCUT2D eigenvalue weighted by Crippen LogP contribution is -2.36. The van der Waals surface area contributed by atoms with Gasteiger partial charge in [0.25, 0.3) is 5.91 Å². The monoisotopic (exact) mass is 342 g/mol. The molecule has 0 aliphatic heterocycles. The second-order valence-electron chi connectivity index (χ2n) is 6.14. The van der Waals surface area contributed by atoms with Crippen LogP contribution in [0.15, 0.2) is 48.5 Å². The molecule has 1 atom stereocenters. The van der Waals surface area contributed by atoms with E-state index in [9.17, 15) is 4.79 Å². The Bertz CT molecular complexity index is 687. The molecule has 0 spiro atoms. The van der Waals surface area contributed by atoms with Crippen LogP contribution in [-0.4, -0.2) is 45.2 Å². The molecule has 0 radical (unpaired) electrons. The molecular formula is C20H26N2O3. The number of benzene rings is 2. The molecule has 2 aromatic carbocycles. The third-order valence-electron chi connectivity index (χ3n) is 3.98.